The molecule has 0 aliphatic rings. The Morgan fingerprint density at radius 2 is 2.06 bits per heavy atom. The molecule has 18 heavy (non-hydrogen) atoms. The Bertz CT molecular complexity index is 572. The first-order chi connectivity index (χ1) is 8.61. The van der Waals surface area contributed by atoms with Gasteiger partial charge in [-0.3, -0.25) is 0 Å². The fourth-order valence-corrected chi connectivity index (χ4v) is 2.08. The van der Waals surface area contributed by atoms with Gasteiger partial charge in [-0.2, -0.15) is 0 Å². The van der Waals surface area contributed by atoms with Crippen LogP contribution < -0.4 is 4.74 Å². The number of benzene rings is 2. The van der Waals surface area contributed by atoms with Gasteiger partial charge in [-0.05, 0) is 42.8 Å². The third-order valence-corrected chi connectivity index (χ3v) is 3.72. The fraction of sp³-hybridized carbons (Fsp3) is 0.143. The van der Waals surface area contributed by atoms with E-state index in [0.29, 0.717) is 17.1 Å². The van der Waals surface area contributed by atoms with Crippen molar-refractivity contribution in [1.29, 1.82) is 0 Å². The number of hydrogen-bond acceptors (Lipinski definition) is 1. The minimum absolute atomic E-state index is 0.0809. The van der Waals surface area contributed by atoms with Gasteiger partial charge in [0.25, 0.3) is 0 Å². The summed E-state index contributed by atoms with van der Waals surface area (Å²) in [5, 5.41) is 0. The van der Waals surface area contributed by atoms with Gasteiger partial charge in [0.05, 0.1) is 5.88 Å². The van der Waals surface area contributed by atoms with Crippen molar-refractivity contribution < 1.29 is 9.13 Å². The van der Waals surface area contributed by atoms with E-state index in [9.17, 15) is 4.39 Å². The average molecular weight is 330 g/mol. The summed E-state index contributed by atoms with van der Waals surface area (Å²) >= 11 is 9.15. The van der Waals surface area contributed by atoms with E-state index in [1.807, 2.05) is 25.1 Å². The molecule has 0 radical (unpaired) electrons. The van der Waals surface area contributed by atoms with Crippen molar-refractivity contribution in [3.63, 3.8) is 0 Å². The van der Waals surface area contributed by atoms with Gasteiger partial charge in [-0.1, -0.05) is 22.0 Å². The van der Waals surface area contributed by atoms with Gasteiger partial charge in [0.2, 0.25) is 0 Å². The largest absolute Gasteiger partial charge is 0.457 e. The minimum Gasteiger partial charge on any atom is -0.457 e. The SMILES string of the molecule is Cc1cc(Oc2cccc(F)c2CCl)ccc1Br. The topological polar surface area (TPSA) is 9.23 Å². The highest BCUT2D eigenvalue weighted by Crippen LogP contribution is 2.30. The Morgan fingerprint density at radius 3 is 2.72 bits per heavy atom. The van der Waals surface area contributed by atoms with Crippen molar-refractivity contribution in [3.8, 4) is 11.5 Å². The molecule has 0 aromatic heterocycles. The lowest BCUT2D eigenvalue weighted by Gasteiger charge is -2.11. The lowest BCUT2D eigenvalue weighted by atomic mass is 10.2. The molecule has 0 aliphatic heterocycles. The smallest absolute Gasteiger partial charge is 0.134 e. The molecule has 0 saturated carbocycles. The monoisotopic (exact) mass is 328 g/mol. The van der Waals surface area contributed by atoms with Crippen LogP contribution in [0.4, 0.5) is 4.39 Å². The maximum atomic E-state index is 13.5. The van der Waals surface area contributed by atoms with Gasteiger partial charge in [-0.25, -0.2) is 4.39 Å². The lowest BCUT2D eigenvalue weighted by Crippen LogP contribution is -1.93. The van der Waals surface area contributed by atoms with Gasteiger partial charge in [0.15, 0.2) is 0 Å². The maximum Gasteiger partial charge on any atom is 0.134 e. The second-order valence-corrected chi connectivity index (χ2v) is 4.98. The van der Waals surface area contributed by atoms with Crippen LogP contribution in [0.1, 0.15) is 11.1 Å². The van der Waals surface area contributed by atoms with E-state index < -0.39 is 0 Å². The molecule has 2 aromatic carbocycles. The van der Waals surface area contributed by atoms with Crippen LogP contribution in [-0.4, -0.2) is 0 Å². The molecule has 0 atom stereocenters. The van der Waals surface area contributed by atoms with Crippen LogP contribution in [-0.2, 0) is 5.88 Å². The minimum atomic E-state index is -0.351. The summed E-state index contributed by atoms with van der Waals surface area (Å²) in [5.41, 5.74) is 1.43. The predicted octanol–water partition coefficient (Wildman–Crippen LogP) is 5.43. The molecule has 0 aliphatic carbocycles. The zero-order chi connectivity index (χ0) is 13.1. The van der Waals surface area contributed by atoms with Crippen molar-refractivity contribution in [1.82, 2.24) is 0 Å². The highest BCUT2D eigenvalue weighted by atomic mass is 79.9. The molecule has 0 unspecified atom stereocenters. The molecule has 0 saturated heterocycles. The van der Waals surface area contributed by atoms with Crippen LogP contribution in [0.15, 0.2) is 40.9 Å². The summed E-state index contributed by atoms with van der Waals surface area (Å²) in [5.74, 6) is 0.841. The van der Waals surface area contributed by atoms with E-state index in [-0.39, 0.29) is 11.7 Å². The summed E-state index contributed by atoms with van der Waals surface area (Å²) in [7, 11) is 0. The molecule has 0 N–H and O–H groups in total. The normalized spacial score (nSPS) is 10.4. The molecule has 1 nitrogen and oxygen atoms in total. The zero-order valence-electron chi connectivity index (χ0n) is 9.71. The summed E-state index contributed by atoms with van der Waals surface area (Å²) in [6, 6.07) is 10.3. The van der Waals surface area contributed by atoms with Crippen molar-refractivity contribution in [2.24, 2.45) is 0 Å². The van der Waals surface area contributed by atoms with Crippen LogP contribution in [0.5, 0.6) is 11.5 Å². The zero-order valence-corrected chi connectivity index (χ0v) is 12.1. The number of alkyl halides is 1. The Hall–Kier alpha value is -1.06. The number of hydrogen-bond donors (Lipinski definition) is 0. The number of aryl methyl sites for hydroxylation is 1. The van der Waals surface area contributed by atoms with Gasteiger partial charge in [0.1, 0.15) is 17.3 Å². The average Bonchev–Trinajstić information content (AvgIpc) is 2.34. The second kappa shape index (κ2) is 5.72. The standard InChI is InChI=1S/C14H11BrClFO/c1-9-7-10(5-6-12(9)15)18-14-4-2-3-13(17)11(14)8-16/h2-7H,8H2,1H3. The highest BCUT2D eigenvalue weighted by Gasteiger charge is 2.09. The molecular formula is C14H11BrClFO. The lowest BCUT2D eigenvalue weighted by molar-refractivity contribution is 0.470. The van der Waals surface area contributed by atoms with Crippen LogP contribution in [0.25, 0.3) is 0 Å². The molecule has 0 spiro atoms. The molecule has 2 aromatic rings. The van der Waals surface area contributed by atoms with Crippen molar-refractivity contribution in [2.45, 2.75) is 12.8 Å². The Labute approximate surface area is 119 Å². The predicted molar refractivity (Wildman–Crippen MR) is 74.9 cm³/mol. The molecular weight excluding hydrogens is 319 g/mol. The van der Waals surface area contributed by atoms with Crippen LogP contribution in [0.2, 0.25) is 0 Å². The molecule has 0 fully saturated rings. The van der Waals surface area contributed by atoms with Gasteiger partial charge < -0.3 is 4.74 Å². The van der Waals surface area contributed by atoms with Crippen LogP contribution >= 0.6 is 27.5 Å². The third-order valence-electron chi connectivity index (χ3n) is 2.57. The number of rotatable bonds is 3. The van der Waals surface area contributed by atoms with Gasteiger partial charge in [-0.15, -0.1) is 11.6 Å². The second-order valence-electron chi connectivity index (χ2n) is 3.86. The maximum absolute atomic E-state index is 13.5. The quantitative estimate of drug-likeness (QED) is 0.682. The number of halogens is 3. The summed E-state index contributed by atoms with van der Waals surface area (Å²) in [6.07, 6.45) is 0. The Balaban J connectivity index is 2.34. The van der Waals surface area contributed by atoms with Crippen molar-refractivity contribution in [3.05, 3.63) is 57.8 Å². The van der Waals surface area contributed by atoms with Crippen LogP contribution in [0, 0.1) is 12.7 Å². The van der Waals surface area contributed by atoms with Crippen molar-refractivity contribution in [2.75, 3.05) is 0 Å². The van der Waals surface area contributed by atoms with E-state index >= 15 is 0 Å². The van der Waals surface area contributed by atoms with E-state index in [0.717, 1.165) is 10.0 Å². The molecule has 94 valence electrons. The molecule has 4 heteroatoms. The summed E-state index contributed by atoms with van der Waals surface area (Å²) in [4.78, 5) is 0. The van der Waals surface area contributed by atoms with Gasteiger partial charge >= 0.3 is 0 Å². The number of ether oxygens (including phenoxy) is 1. The molecule has 0 amide bonds. The first kappa shape index (κ1) is 13.4. The first-order valence-electron chi connectivity index (χ1n) is 5.39. The molecule has 2 rings (SSSR count). The van der Waals surface area contributed by atoms with E-state index in [2.05, 4.69) is 15.9 Å². The molecule has 0 heterocycles. The third kappa shape index (κ3) is 2.85. The van der Waals surface area contributed by atoms with Gasteiger partial charge in [0, 0.05) is 10.0 Å². The van der Waals surface area contributed by atoms with Crippen LogP contribution in [0.3, 0.4) is 0 Å². The Morgan fingerprint density at radius 1 is 1.28 bits per heavy atom. The first-order valence-corrected chi connectivity index (χ1v) is 6.72. The highest BCUT2D eigenvalue weighted by molar-refractivity contribution is 9.10. The Kier molecular flexibility index (Phi) is 4.25. The van der Waals surface area contributed by atoms with E-state index in [4.69, 9.17) is 16.3 Å². The van der Waals surface area contributed by atoms with Crippen molar-refractivity contribution >= 4 is 27.5 Å². The van der Waals surface area contributed by atoms with E-state index in [1.54, 1.807) is 12.1 Å². The summed E-state index contributed by atoms with van der Waals surface area (Å²) in [6.45, 7) is 1.96. The fourth-order valence-electron chi connectivity index (χ4n) is 1.57. The van der Waals surface area contributed by atoms with E-state index in [1.165, 1.54) is 6.07 Å². The summed E-state index contributed by atoms with van der Waals surface area (Å²) < 4.78 is 20.2. The molecule has 0 bridgehead atoms.